The molecule has 2 aromatic rings. The number of piperidine rings is 1. The van der Waals surface area contributed by atoms with Gasteiger partial charge in [-0.25, -0.2) is 4.68 Å². The predicted octanol–water partition coefficient (Wildman–Crippen LogP) is 1.56. The molecule has 1 aromatic heterocycles. The summed E-state index contributed by atoms with van der Waals surface area (Å²) in [6, 6.07) is 8.78. The van der Waals surface area contributed by atoms with Crippen LogP contribution in [0.3, 0.4) is 0 Å². The van der Waals surface area contributed by atoms with E-state index in [2.05, 4.69) is 12.0 Å². The largest absolute Gasteiger partial charge is 0.394 e. The lowest BCUT2D eigenvalue weighted by molar-refractivity contribution is 0.0358. The molecule has 3 rings (SSSR count). The van der Waals surface area contributed by atoms with Gasteiger partial charge in [0.05, 0.1) is 24.5 Å². The first-order chi connectivity index (χ1) is 12.1. The number of rotatable bonds is 3. The van der Waals surface area contributed by atoms with Crippen LogP contribution in [0.5, 0.6) is 0 Å². The lowest BCUT2D eigenvalue weighted by atomic mass is 9.90. The molecule has 1 aliphatic rings. The molecule has 0 radical (unpaired) electrons. The number of hydrogen-bond acceptors (Lipinski definition) is 5. The third-order valence-corrected chi connectivity index (χ3v) is 4.85. The van der Waals surface area contributed by atoms with Gasteiger partial charge in [-0.15, -0.1) is 0 Å². The van der Waals surface area contributed by atoms with Crippen LogP contribution in [0.1, 0.15) is 35.7 Å². The van der Waals surface area contributed by atoms with Crippen molar-refractivity contribution in [3.63, 3.8) is 0 Å². The molecule has 1 aliphatic heterocycles. The van der Waals surface area contributed by atoms with Gasteiger partial charge in [-0.3, -0.25) is 4.79 Å². The van der Waals surface area contributed by atoms with Crippen LogP contribution in [-0.2, 0) is 0 Å². The lowest BCUT2D eigenvalue weighted by Crippen LogP contribution is -2.49. The van der Waals surface area contributed by atoms with Gasteiger partial charge in [-0.1, -0.05) is 6.92 Å². The number of hydrogen-bond donors (Lipinski definition) is 2. The Morgan fingerprint density at radius 1 is 1.44 bits per heavy atom. The fraction of sp³-hybridized carbons (Fsp3) is 0.389. The van der Waals surface area contributed by atoms with Crippen molar-refractivity contribution >= 4 is 11.7 Å². The Balaban J connectivity index is 1.83. The second-order valence-corrected chi connectivity index (χ2v) is 6.38. The van der Waals surface area contributed by atoms with Crippen LogP contribution < -0.4 is 5.73 Å². The minimum Gasteiger partial charge on any atom is -0.394 e. The van der Waals surface area contributed by atoms with Crippen LogP contribution in [0, 0.1) is 17.2 Å². The van der Waals surface area contributed by atoms with E-state index in [1.807, 2.05) is 6.07 Å². The molecule has 3 N–H and O–H groups in total. The second-order valence-electron chi connectivity index (χ2n) is 6.38. The average Bonchev–Trinajstić information content (AvgIpc) is 3.01. The molecule has 0 spiro atoms. The van der Waals surface area contributed by atoms with E-state index in [0.717, 1.165) is 12.8 Å². The summed E-state index contributed by atoms with van der Waals surface area (Å²) >= 11 is 0. The first kappa shape index (κ1) is 17.0. The number of likely N-dealkylation sites (tertiary alicyclic amines) is 1. The molecule has 130 valence electrons. The van der Waals surface area contributed by atoms with Gasteiger partial charge < -0.3 is 15.7 Å². The number of nitrogen functional groups attached to an aromatic ring is 1. The van der Waals surface area contributed by atoms with Crippen molar-refractivity contribution in [2.45, 2.75) is 25.8 Å². The Bertz CT molecular complexity index is 806. The third kappa shape index (κ3) is 3.08. The maximum atomic E-state index is 12.8. The van der Waals surface area contributed by atoms with E-state index in [-0.39, 0.29) is 30.3 Å². The number of aliphatic hydroxyl groups excluding tert-OH is 1. The summed E-state index contributed by atoms with van der Waals surface area (Å²) in [5.41, 5.74) is 7.44. The molecule has 1 saturated heterocycles. The van der Waals surface area contributed by atoms with Gasteiger partial charge >= 0.3 is 0 Å². The summed E-state index contributed by atoms with van der Waals surface area (Å²) in [5.74, 6) is 0.477. The first-order valence-corrected chi connectivity index (χ1v) is 8.32. The summed E-state index contributed by atoms with van der Waals surface area (Å²) in [6.45, 7) is 2.70. The number of amides is 1. The highest BCUT2D eigenvalue weighted by Crippen LogP contribution is 2.25. The number of nitrogens with zero attached hydrogens (tertiary/aromatic N) is 4. The van der Waals surface area contributed by atoms with Gasteiger partial charge in [0.2, 0.25) is 0 Å². The Morgan fingerprint density at radius 3 is 2.76 bits per heavy atom. The number of nitrogens with two attached hydrogens (primary N) is 1. The topological polar surface area (TPSA) is 108 Å². The van der Waals surface area contributed by atoms with E-state index >= 15 is 0 Å². The predicted molar refractivity (Wildman–Crippen MR) is 93.0 cm³/mol. The molecule has 7 heteroatoms. The quantitative estimate of drug-likeness (QED) is 0.882. The number of aliphatic hydroxyl groups is 1. The molecule has 0 bridgehead atoms. The number of carbonyl (C=O) groups excluding carboxylic acids is 1. The Hall–Kier alpha value is -2.85. The van der Waals surface area contributed by atoms with Gasteiger partial charge in [-0.05, 0) is 43.0 Å². The van der Waals surface area contributed by atoms with Crippen LogP contribution in [0.15, 0.2) is 30.5 Å². The summed E-state index contributed by atoms with van der Waals surface area (Å²) in [6.07, 6.45) is 3.38. The van der Waals surface area contributed by atoms with E-state index in [1.165, 1.54) is 10.9 Å². The number of nitriles is 1. The molecule has 25 heavy (non-hydrogen) atoms. The van der Waals surface area contributed by atoms with Crippen molar-refractivity contribution in [1.82, 2.24) is 14.7 Å². The third-order valence-electron chi connectivity index (χ3n) is 4.85. The number of benzene rings is 1. The van der Waals surface area contributed by atoms with Gasteiger partial charge in [0.15, 0.2) is 0 Å². The van der Waals surface area contributed by atoms with E-state index in [9.17, 15) is 9.90 Å². The minimum absolute atomic E-state index is 0.0221. The molecular formula is C18H21N5O2. The van der Waals surface area contributed by atoms with Crippen LogP contribution >= 0.6 is 0 Å². The SMILES string of the molecule is CC1CCCN(C(=O)c2ccc(-n3ncc(C#N)c3N)cc2)C1CO. The van der Waals surface area contributed by atoms with Crippen molar-refractivity contribution in [2.24, 2.45) is 5.92 Å². The normalized spacial score (nSPS) is 20.3. The molecule has 2 unspecified atom stereocenters. The monoisotopic (exact) mass is 339 g/mol. The van der Waals surface area contributed by atoms with Gasteiger partial charge in [0, 0.05) is 12.1 Å². The molecule has 0 saturated carbocycles. The Morgan fingerprint density at radius 2 is 2.16 bits per heavy atom. The molecular weight excluding hydrogens is 318 g/mol. The van der Waals surface area contributed by atoms with E-state index in [1.54, 1.807) is 29.2 Å². The zero-order valence-corrected chi connectivity index (χ0v) is 14.1. The smallest absolute Gasteiger partial charge is 0.254 e. The van der Waals surface area contributed by atoms with Crippen LogP contribution in [0.2, 0.25) is 0 Å². The second kappa shape index (κ2) is 6.95. The molecule has 1 fully saturated rings. The number of aromatic nitrogens is 2. The van der Waals surface area contributed by atoms with Gasteiger partial charge in [0.25, 0.3) is 5.91 Å². The first-order valence-electron chi connectivity index (χ1n) is 8.32. The molecule has 2 heterocycles. The number of carbonyl (C=O) groups is 1. The molecule has 7 nitrogen and oxygen atoms in total. The van der Waals surface area contributed by atoms with Crippen LogP contribution in [-0.4, -0.2) is 44.9 Å². The minimum atomic E-state index is -0.138. The maximum absolute atomic E-state index is 12.8. The van der Waals surface area contributed by atoms with Crippen LogP contribution in [0.4, 0.5) is 5.82 Å². The lowest BCUT2D eigenvalue weighted by Gasteiger charge is -2.39. The van der Waals surface area contributed by atoms with Gasteiger partial charge in [0.1, 0.15) is 17.5 Å². The van der Waals surface area contributed by atoms with Crippen LogP contribution in [0.25, 0.3) is 5.69 Å². The average molecular weight is 339 g/mol. The zero-order valence-electron chi connectivity index (χ0n) is 14.1. The van der Waals surface area contributed by atoms with Crippen molar-refractivity contribution in [1.29, 1.82) is 5.26 Å². The summed E-state index contributed by atoms with van der Waals surface area (Å²) in [7, 11) is 0. The van der Waals surface area contributed by atoms with E-state index < -0.39 is 0 Å². The van der Waals surface area contributed by atoms with Crippen molar-refractivity contribution in [3.05, 3.63) is 41.6 Å². The fourth-order valence-electron chi connectivity index (χ4n) is 3.34. The van der Waals surface area contributed by atoms with Crippen molar-refractivity contribution in [2.75, 3.05) is 18.9 Å². The summed E-state index contributed by atoms with van der Waals surface area (Å²) < 4.78 is 1.46. The Labute approximate surface area is 146 Å². The standard InChI is InChI=1S/C18H21N5O2/c1-12-3-2-8-22(16(12)11-24)18(25)13-4-6-15(7-5-13)23-17(20)14(9-19)10-21-23/h4-7,10,12,16,24H,2-3,8,11,20H2,1H3. The highest BCUT2D eigenvalue weighted by molar-refractivity contribution is 5.94. The molecule has 1 aromatic carbocycles. The molecule has 1 amide bonds. The highest BCUT2D eigenvalue weighted by atomic mass is 16.3. The van der Waals surface area contributed by atoms with Gasteiger partial charge in [-0.2, -0.15) is 10.4 Å². The van der Waals surface area contributed by atoms with E-state index in [0.29, 0.717) is 23.4 Å². The maximum Gasteiger partial charge on any atom is 0.254 e. The summed E-state index contributed by atoms with van der Waals surface area (Å²) in [4.78, 5) is 14.6. The molecule has 2 atom stereocenters. The van der Waals surface area contributed by atoms with Crippen molar-refractivity contribution in [3.8, 4) is 11.8 Å². The van der Waals surface area contributed by atoms with E-state index in [4.69, 9.17) is 11.0 Å². The Kier molecular flexibility index (Phi) is 4.72. The zero-order chi connectivity index (χ0) is 18.0. The summed E-state index contributed by atoms with van der Waals surface area (Å²) in [5, 5.41) is 22.7. The fourth-order valence-corrected chi connectivity index (χ4v) is 3.34. The molecule has 0 aliphatic carbocycles. The highest BCUT2D eigenvalue weighted by Gasteiger charge is 2.31. The van der Waals surface area contributed by atoms with Crippen molar-refractivity contribution < 1.29 is 9.90 Å². The number of anilines is 1.